The maximum atomic E-state index is 12.4. The van der Waals surface area contributed by atoms with Gasteiger partial charge >= 0.3 is 0 Å². The summed E-state index contributed by atoms with van der Waals surface area (Å²) in [7, 11) is 0. The average molecular weight is 734 g/mol. The molecule has 52 heavy (non-hydrogen) atoms. The van der Waals surface area contributed by atoms with Crippen molar-refractivity contribution in [3.63, 3.8) is 0 Å². The van der Waals surface area contributed by atoms with Crippen LogP contribution in [0.15, 0.2) is 24.3 Å². The van der Waals surface area contributed by atoms with E-state index < -0.39 is 18.2 Å². The Morgan fingerprint density at radius 2 is 0.808 bits per heavy atom. The fourth-order valence-electron chi connectivity index (χ4n) is 7.16. The minimum atomic E-state index is -0.929. The molecule has 0 fully saturated rings. The molecule has 0 spiro atoms. The minimum absolute atomic E-state index is 0.00966. The van der Waals surface area contributed by atoms with Crippen LogP contribution in [0.5, 0.6) is 0 Å². The van der Waals surface area contributed by atoms with Crippen molar-refractivity contribution < 1.29 is 20.1 Å². The van der Waals surface area contributed by atoms with Crippen LogP contribution >= 0.6 is 0 Å². The van der Waals surface area contributed by atoms with Gasteiger partial charge in [0.05, 0.1) is 31.3 Å². The molecule has 0 bridgehead atoms. The fourth-order valence-corrected chi connectivity index (χ4v) is 7.16. The van der Waals surface area contributed by atoms with Crippen molar-refractivity contribution in [3.05, 3.63) is 24.3 Å². The summed E-state index contributed by atoms with van der Waals surface area (Å²) >= 11 is 0. The van der Waals surface area contributed by atoms with Gasteiger partial charge in [0, 0.05) is 0 Å². The Morgan fingerprint density at radius 1 is 0.481 bits per heavy atom. The summed E-state index contributed by atoms with van der Waals surface area (Å²) in [4.78, 5) is 12.4. The van der Waals surface area contributed by atoms with Crippen molar-refractivity contribution in [3.8, 4) is 0 Å². The zero-order valence-electron chi connectivity index (χ0n) is 35.0. The lowest BCUT2D eigenvalue weighted by Crippen LogP contribution is -2.45. The normalized spacial score (nSPS) is 13.7. The van der Waals surface area contributed by atoms with Crippen LogP contribution in [0.2, 0.25) is 0 Å². The number of carbonyl (C=O) groups is 1. The highest BCUT2D eigenvalue weighted by molar-refractivity contribution is 5.76. The first-order valence-electron chi connectivity index (χ1n) is 23.1. The van der Waals surface area contributed by atoms with E-state index in [1.54, 1.807) is 6.08 Å². The minimum Gasteiger partial charge on any atom is -0.394 e. The van der Waals surface area contributed by atoms with Gasteiger partial charge in [-0.05, 0) is 44.9 Å². The van der Waals surface area contributed by atoms with E-state index in [9.17, 15) is 20.1 Å². The molecule has 0 saturated carbocycles. The summed E-state index contributed by atoms with van der Waals surface area (Å²) in [5, 5.41) is 33.3. The van der Waals surface area contributed by atoms with Gasteiger partial charge in [0.25, 0.3) is 0 Å². The SMILES string of the molecule is CCCCCCCC/C=C\CCCCCCCC(O)CC(=O)NC(CO)C(O)/C=C/CCCCCCCCCCCCCCCCCCCCCC. The third kappa shape index (κ3) is 38.6. The summed E-state index contributed by atoms with van der Waals surface area (Å²) < 4.78 is 0. The monoisotopic (exact) mass is 734 g/mol. The Labute approximate surface area is 324 Å². The summed E-state index contributed by atoms with van der Waals surface area (Å²) in [6.45, 7) is 4.22. The van der Waals surface area contributed by atoms with Gasteiger partial charge in [-0.1, -0.05) is 218 Å². The number of aliphatic hydroxyl groups excluding tert-OH is 3. The zero-order valence-corrected chi connectivity index (χ0v) is 35.0. The van der Waals surface area contributed by atoms with Crippen LogP contribution in [0.3, 0.4) is 0 Å². The molecule has 3 unspecified atom stereocenters. The molecule has 1 amide bonds. The molecule has 0 saturated heterocycles. The van der Waals surface area contributed by atoms with Gasteiger partial charge in [0.15, 0.2) is 0 Å². The fraction of sp³-hybridized carbons (Fsp3) is 0.894. The number of amides is 1. The van der Waals surface area contributed by atoms with E-state index >= 15 is 0 Å². The van der Waals surface area contributed by atoms with Gasteiger partial charge in [-0.3, -0.25) is 4.79 Å². The third-order valence-electron chi connectivity index (χ3n) is 10.7. The van der Waals surface area contributed by atoms with Crippen LogP contribution < -0.4 is 5.32 Å². The number of rotatable bonds is 42. The van der Waals surface area contributed by atoms with Crippen LogP contribution in [0.4, 0.5) is 0 Å². The number of aliphatic hydroxyl groups is 3. The van der Waals surface area contributed by atoms with Crippen molar-refractivity contribution in [2.24, 2.45) is 0 Å². The number of hydrogen-bond acceptors (Lipinski definition) is 4. The van der Waals surface area contributed by atoms with Gasteiger partial charge in [0.1, 0.15) is 0 Å². The van der Waals surface area contributed by atoms with Crippen LogP contribution in [0.1, 0.15) is 245 Å². The van der Waals surface area contributed by atoms with Crippen molar-refractivity contribution in [2.45, 2.75) is 263 Å². The van der Waals surface area contributed by atoms with Gasteiger partial charge in [-0.15, -0.1) is 0 Å². The second-order valence-corrected chi connectivity index (χ2v) is 16.0. The van der Waals surface area contributed by atoms with Crippen molar-refractivity contribution >= 4 is 5.91 Å². The maximum Gasteiger partial charge on any atom is 0.222 e. The van der Waals surface area contributed by atoms with E-state index in [1.807, 2.05) is 6.08 Å². The predicted molar refractivity (Wildman–Crippen MR) is 227 cm³/mol. The van der Waals surface area contributed by atoms with Crippen LogP contribution in [-0.4, -0.2) is 46.1 Å². The van der Waals surface area contributed by atoms with E-state index in [4.69, 9.17) is 0 Å². The van der Waals surface area contributed by atoms with Crippen LogP contribution in [0, 0.1) is 0 Å². The lowest BCUT2D eigenvalue weighted by atomic mass is 10.0. The Hall–Kier alpha value is -1.17. The Morgan fingerprint density at radius 3 is 1.17 bits per heavy atom. The molecule has 0 aromatic heterocycles. The molecule has 0 heterocycles. The second-order valence-electron chi connectivity index (χ2n) is 16.0. The highest BCUT2D eigenvalue weighted by Crippen LogP contribution is 2.16. The predicted octanol–water partition coefficient (Wildman–Crippen LogP) is 13.4. The first-order valence-corrected chi connectivity index (χ1v) is 23.1. The van der Waals surface area contributed by atoms with Gasteiger partial charge in [-0.25, -0.2) is 0 Å². The van der Waals surface area contributed by atoms with E-state index in [1.165, 1.54) is 180 Å². The molecule has 0 radical (unpaired) electrons. The summed E-state index contributed by atoms with van der Waals surface area (Å²) in [6.07, 6.45) is 51.8. The number of nitrogens with one attached hydrogen (secondary N) is 1. The average Bonchev–Trinajstić information content (AvgIpc) is 3.14. The molecule has 5 nitrogen and oxygen atoms in total. The number of unbranched alkanes of at least 4 members (excludes halogenated alkanes) is 31. The van der Waals surface area contributed by atoms with E-state index in [0.717, 1.165) is 38.5 Å². The van der Waals surface area contributed by atoms with Crippen molar-refractivity contribution in [2.75, 3.05) is 6.61 Å². The Kier molecular flexibility index (Phi) is 41.6. The highest BCUT2D eigenvalue weighted by Gasteiger charge is 2.20. The quantitative estimate of drug-likeness (QED) is 0.0371. The molecular formula is C47H91NO4. The van der Waals surface area contributed by atoms with Crippen LogP contribution in [-0.2, 0) is 4.79 Å². The van der Waals surface area contributed by atoms with Crippen molar-refractivity contribution in [1.29, 1.82) is 0 Å². The molecule has 0 aromatic rings. The van der Waals surface area contributed by atoms with Gasteiger partial charge in [-0.2, -0.15) is 0 Å². The maximum absolute atomic E-state index is 12.4. The largest absolute Gasteiger partial charge is 0.394 e. The standard InChI is InChI=1S/C47H91NO4/c1-3-5-7-9-11-13-15-17-19-20-21-22-23-24-25-27-29-31-33-35-37-39-41-46(51)45(43-49)48-47(52)42-44(50)40-38-36-34-32-30-28-26-18-16-14-12-10-8-6-4-2/h18,26,39,41,44-46,49-51H,3-17,19-25,27-38,40,42-43H2,1-2H3,(H,48,52)/b26-18-,41-39+. The number of allylic oxidation sites excluding steroid dienone is 3. The molecule has 0 aliphatic heterocycles. The topological polar surface area (TPSA) is 89.8 Å². The molecule has 5 heteroatoms. The summed E-state index contributed by atoms with van der Waals surface area (Å²) in [6, 6.07) is -0.745. The number of hydrogen-bond donors (Lipinski definition) is 4. The Balaban J connectivity index is 3.64. The number of carbonyl (C=O) groups excluding carboxylic acids is 1. The first kappa shape index (κ1) is 50.8. The van der Waals surface area contributed by atoms with E-state index in [-0.39, 0.29) is 18.9 Å². The molecule has 3 atom stereocenters. The molecule has 0 aliphatic rings. The van der Waals surface area contributed by atoms with E-state index in [0.29, 0.717) is 6.42 Å². The first-order chi connectivity index (χ1) is 25.5. The van der Waals surface area contributed by atoms with Gasteiger partial charge < -0.3 is 20.6 Å². The molecule has 0 aliphatic carbocycles. The molecule has 0 aromatic carbocycles. The van der Waals surface area contributed by atoms with Gasteiger partial charge in [0.2, 0.25) is 5.91 Å². The summed E-state index contributed by atoms with van der Waals surface area (Å²) in [5.74, 6) is -0.319. The molecule has 0 rings (SSSR count). The lowest BCUT2D eigenvalue weighted by Gasteiger charge is -2.21. The highest BCUT2D eigenvalue weighted by atomic mass is 16.3. The molecular weight excluding hydrogens is 643 g/mol. The van der Waals surface area contributed by atoms with Crippen molar-refractivity contribution in [1.82, 2.24) is 5.32 Å². The zero-order chi connectivity index (χ0) is 38.0. The lowest BCUT2D eigenvalue weighted by molar-refractivity contribution is -0.124. The third-order valence-corrected chi connectivity index (χ3v) is 10.7. The smallest absolute Gasteiger partial charge is 0.222 e. The second kappa shape index (κ2) is 42.6. The molecule has 308 valence electrons. The van der Waals surface area contributed by atoms with E-state index in [2.05, 4.69) is 31.3 Å². The Bertz CT molecular complexity index is 768. The summed E-state index contributed by atoms with van der Waals surface area (Å²) in [5.41, 5.74) is 0. The van der Waals surface area contributed by atoms with Crippen LogP contribution in [0.25, 0.3) is 0 Å². The molecule has 4 N–H and O–H groups in total.